The van der Waals surface area contributed by atoms with Gasteiger partial charge in [-0.1, -0.05) is 6.08 Å². The lowest BCUT2D eigenvalue weighted by Crippen LogP contribution is -2.08. The SMILES string of the molecule is C=CCSCCCNC. The maximum Gasteiger partial charge on any atom is 0.0110 e. The molecule has 0 aromatic carbocycles. The molecule has 0 atom stereocenters. The van der Waals surface area contributed by atoms with Gasteiger partial charge in [0.2, 0.25) is 0 Å². The van der Waals surface area contributed by atoms with Crippen LogP contribution in [0.5, 0.6) is 0 Å². The Morgan fingerprint density at radius 1 is 1.67 bits per heavy atom. The maximum atomic E-state index is 3.64. The molecule has 0 saturated heterocycles. The molecule has 1 N–H and O–H groups in total. The molecule has 0 spiro atoms. The molecule has 54 valence electrons. The number of nitrogens with one attached hydrogen (secondary N) is 1. The zero-order chi connectivity index (χ0) is 6.95. The molecular formula is C7H15NS. The summed E-state index contributed by atoms with van der Waals surface area (Å²) in [5, 5.41) is 3.11. The van der Waals surface area contributed by atoms with E-state index in [-0.39, 0.29) is 0 Å². The van der Waals surface area contributed by atoms with E-state index in [2.05, 4.69) is 11.9 Å². The van der Waals surface area contributed by atoms with Crippen molar-refractivity contribution in [1.29, 1.82) is 0 Å². The second-order valence-electron chi connectivity index (χ2n) is 1.82. The predicted molar refractivity (Wildman–Crippen MR) is 46.1 cm³/mol. The number of thioether (sulfide) groups is 1. The van der Waals surface area contributed by atoms with E-state index in [1.54, 1.807) is 0 Å². The Kier molecular flexibility index (Phi) is 8.09. The molecule has 0 amide bonds. The summed E-state index contributed by atoms with van der Waals surface area (Å²) in [6.07, 6.45) is 3.21. The molecule has 0 unspecified atom stereocenters. The average molecular weight is 145 g/mol. The van der Waals surface area contributed by atoms with Crippen LogP contribution < -0.4 is 5.32 Å². The van der Waals surface area contributed by atoms with E-state index >= 15 is 0 Å². The van der Waals surface area contributed by atoms with Gasteiger partial charge < -0.3 is 5.32 Å². The van der Waals surface area contributed by atoms with E-state index in [0.717, 1.165) is 12.3 Å². The van der Waals surface area contributed by atoms with Crippen LogP contribution in [0.1, 0.15) is 6.42 Å². The van der Waals surface area contributed by atoms with Crippen molar-refractivity contribution in [3.05, 3.63) is 12.7 Å². The molecule has 0 saturated carbocycles. The highest BCUT2D eigenvalue weighted by Gasteiger charge is 1.83. The van der Waals surface area contributed by atoms with Crippen molar-refractivity contribution in [1.82, 2.24) is 5.32 Å². The summed E-state index contributed by atoms with van der Waals surface area (Å²) in [4.78, 5) is 0. The van der Waals surface area contributed by atoms with Crippen molar-refractivity contribution in [3.63, 3.8) is 0 Å². The van der Waals surface area contributed by atoms with Gasteiger partial charge in [0.1, 0.15) is 0 Å². The third kappa shape index (κ3) is 8.05. The van der Waals surface area contributed by atoms with Crippen molar-refractivity contribution < 1.29 is 0 Å². The minimum absolute atomic E-state index is 1.09. The molecule has 9 heavy (non-hydrogen) atoms. The van der Waals surface area contributed by atoms with Crippen LogP contribution >= 0.6 is 11.8 Å². The largest absolute Gasteiger partial charge is 0.320 e. The van der Waals surface area contributed by atoms with Gasteiger partial charge in [-0.15, -0.1) is 6.58 Å². The van der Waals surface area contributed by atoms with Gasteiger partial charge in [0.15, 0.2) is 0 Å². The highest BCUT2D eigenvalue weighted by atomic mass is 32.2. The predicted octanol–water partition coefficient (Wildman–Crippen LogP) is 1.52. The van der Waals surface area contributed by atoms with Crippen molar-refractivity contribution in [3.8, 4) is 0 Å². The van der Waals surface area contributed by atoms with Gasteiger partial charge in [-0.05, 0) is 25.8 Å². The minimum atomic E-state index is 1.09. The average Bonchev–Trinajstić information content (AvgIpc) is 1.89. The van der Waals surface area contributed by atoms with Gasteiger partial charge >= 0.3 is 0 Å². The summed E-state index contributed by atoms with van der Waals surface area (Å²) in [5.41, 5.74) is 0. The summed E-state index contributed by atoms with van der Waals surface area (Å²) in [7, 11) is 1.98. The first-order valence-corrected chi connectivity index (χ1v) is 4.40. The van der Waals surface area contributed by atoms with Crippen LogP contribution in [0.15, 0.2) is 12.7 Å². The van der Waals surface area contributed by atoms with Crippen LogP contribution in [0, 0.1) is 0 Å². The van der Waals surface area contributed by atoms with E-state index in [4.69, 9.17) is 0 Å². The van der Waals surface area contributed by atoms with Crippen molar-refractivity contribution in [2.75, 3.05) is 25.1 Å². The monoisotopic (exact) mass is 145 g/mol. The fourth-order valence-electron chi connectivity index (χ4n) is 0.518. The molecule has 0 aliphatic rings. The van der Waals surface area contributed by atoms with Crippen LogP contribution in [0.2, 0.25) is 0 Å². The zero-order valence-corrected chi connectivity index (χ0v) is 6.84. The Hall–Kier alpha value is 0.0500. The van der Waals surface area contributed by atoms with Gasteiger partial charge in [0.25, 0.3) is 0 Å². The second kappa shape index (κ2) is 8.05. The third-order valence-electron chi connectivity index (χ3n) is 0.951. The van der Waals surface area contributed by atoms with E-state index < -0.39 is 0 Å². The minimum Gasteiger partial charge on any atom is -0.320 e. The summed E-state index contributed by atoms with van der Waals surface area (Å²) in [6.45, 7) is 4.77. The molecule has 1 nitrogen and oxygen atoms in total. The fourth-order valence-corrected chi connectivity index (χ4v) is 1.20. The number of hydrogen-bond acceptors (Lipinski definition) is 2. The summed E-state index contributed by atoms with van der Waals surface area (Å²) in [6, 6.07) is 0. The highest BCUT2D eigenvalue weighted by Crippen LogP contribution is 2.00. The molecule has 0 radical (unpaired) electrons. The molecule has 0 heterocycles. The van der Waals surface area contributed by atoms with Gasteiger partial charge in [-0.2, -0.15) is 11.8 Å². The fraction of sp³-hybridized carbons (Fsp3) is 0.714. The van der Waals surface area contributed by atoms with Crippen LogP contribution in [0.4, 0.5) is 0 Å². The van der Waals surface area contributed by atoms with E-state index in [1.807, 2.05) is 24.9 Å². The Morgan fingerprint density at radius 2 is 2.44 bits per heavy atom. The Balaban J connectivity index is 2.66. The lowest BCUT2D eigenvalue weighted by atomic mass is 10.5. The first-order chi connectivity index (χ1) is 4.41. The van der Waals surface area contributed by atoms with Gasteiger partial charge in [0.05, 0.1) is 0 Å². The highest BCUT2D eigenvalue weighted by molar-refractivity contribution is 7.99. The van der Waals surface area contributed by atoms with Crippen LogP contribution in [-0.4, -0.2) is 25.1 Å². The van der Waals surface area contributed by atoms with E-state index in [0.29, 0.717) is 0 Å². The van der Waals surface area contributed by atoms with Crippen LogP contribution in [0.3, 0.4) is 0 Å². The van der Waals surface area contributed by atoms with E-state index in [1.165, 1.54) is 12.2 Å². The lowest BCUT2D eigenvalue weighted by Gasteiger charge is -1.96. The van der Waals surface area contributed by atoms with Gasteiger partial charge in [-0.25, -0.2) is 0 Å². The molecule has 0 fully saturated rings. The summed E-state index contributed by atoms with van der Waals surface area (Å²) in [5.74, 6) is 2.33. The standard InChI is InChI=1S/C7H15NS/c1-3-6-9-7-4-5-8-2/h3,8H,1,4-7H2,2H3. The molecule has 2 heteroatoms. The Labute approximate surface area is 61.9 Å². The van der Waals surface area contributed by atoms with Crippen molar-refractivity contribution in [2.24, 2.45) is 0 Å². The molecular weight excluding hydrogens is 130 g/mol. The summed E-state index contributed by atoms with van der Waals surface area (Å²) >= 11 is 1.94. The quantitative estimate of drug-likeness (QED) is 0.449. The van der Waals surface area contributed by atoms with Crippen molar-refractivity contribution >= 4 is 11.8 Å². The molecule has 0 aromatic heterocycles. The Bertz CT molecular complexity index is 63.9. The number of hydrogen-bond donors (Lipinski definition) is 1. The molecule has 0 aliphatic carbocycles. The van der Waals surface area contributed by atoms with Crippen LogP contribution in [0.25, 0.3) is 0 Å². The molecule has 0 aliphatic heterocycles. The van der Waals surface area contributed by atoms with E-state index in [9.17, 15) is 0 Å². The van der Waals surface area contributed by atoms with Crippen LogP contribution in [-0.2, 0) is 0 Å². The lowest BCUT2D eigenvalue weighted by molar-refractivity contribution is 0.778. The molecule has 0 aromatic rings. The molecule has 0 rings (SSSR count). The first kappa shape index (κ1) is 9.05. The van der Waals surface area contributed by atoms with Gasteiger partial charge in [-0.3, -0.25) is 0 Å². The first-order valence-electron chi connectivity index (χ1n) is 3.25. The molecule has 0 bridgehead atoms. The normalized spacial score (nSPS) is 9.44. The van der Waals surface area contributed by atoms with Crippen molar-refractivity contribution in [2.45, 2.75) is 6.42 Å². The zero-order valence-electron chi connectivity index (χ0n) is 6.02. The van der Waals surface area contributed by atoms with Gasteiger partial charge in [0, 0.05) is 5.75 Å². The number of rotatable bonds is 6. The Morgan fingerprint density at radius 3 is 3.00 bits per heavy atom. The summed E-state index contributed by atoms with van der Waals surface area (Å²) < 4.78 is 0. The smallest absolute Gasteiger partial charge is 0.0110 e. The third-order valence-corrected chi connectivity index (χ3v) is 2.00. The maximum absolute atomic E-state index is 3.64. The topological polar surface area (TPSA) is 12.0 Å². The second-order valence-corrected chi connectivity index (χ2v) is 2.97.